The maximum Gasteiger partial charge on any atom is 0.303 e. The van der Waals surface area contributed by atoms with Crippen LogP contribution in [0.25, 0.3) is 0 Å². The summed E-state index contributed by atoms with van der Waals surface area (Å²) in [5.74, 6) is 1.39. The third kappa shape index (κ3) is 5.40. The molecule has 0 fully saturated rings. The Kier molecular flexibility index (Phi) is 7.35. The van der Waals surface area contributed by atoms with Gasteiger partial charge in [0.2, 0.25) is 0 Å². The van der Waals surface area contributed by atoms with Gasteiger partial charge in [0.05, 0.1) is 12.1 Å². The number of hydrogen-bond donors (Lipinski definition) is 1. The Hall–Kier alpha value is -0.550. The molecule has 102 valence electrons. The van der Waals surface area contributed by atoms with Crippen molar-refractivity contribution in [1.82, 2.24) is 4.98 Å². The highest BCUT2D eigenvalue weighted by molar-refractivity contribution is 7.98. The zero-order valence-electron chi connectivity index (χ0n) is 11.1. The number of carboxylic acids is 1. The molecule has 3 nitrogen and oxygen atoms in total. The van der Waals surface area contributed by atoms with Crippen LogP contribution in [-0.4, -0.2) is 21.8 Å². The van der Waals surface area contributed by atoms with Crippen molar-refractivity contribution in [2.24, 2.45) is 0 Å². The Morgan fingerprint density at radius 1 is 1.33 bits per heavy atom. The normalized spacial score (nSPS) is 10.8. The minimum Gasteiger partial charge on any atom is -0.481 e. The average molecular weight is 287 g/mol. The summed E-state index contributed by atoms with van der Waals surface area (Å²) in [5, 5.41) is 9.91. The lowest BCUT2D eigenvalue weighted by Gasteiger charge is -1.97. The van der Waals surface area contributed by atoms with Gasteiger partial charge in [-0.2, -0.15) is 11.8 Å². The van der Waals surface area contributed by atoms with Crippen LogP contribution >= 0.6 is 23.1 Å². The molecule has 0 aliphatic carbocycles. The van der Waals surface area contributed by atoms with Gasteiger partial charge in [0.1, 0.15) is 5.01 Å². The van der Waals surface area contributed by atoms with E-state index in [9.17, 15) is 4.79 Å². The summed E-state index contributed by atoms with van der Waals surface area (Å²) >= 11 is 3.60. The number of thiazole rings is 1. The fourth-order valence-electron chi connectivity index (χ4n) is 1.65. The van der Waals surface area contributed by atoms with Crippen molar-refractivity contribution in [1.29, 1.82) is 0 Å². The molecule has 0 saturated carbocycles. The lowest BCUT2D eigenvalue weighted by molar-refractivity contribution is -0.136. The molecule has 1 N–H and O–H groups in total. The van der Waals surface area contributed by atoms with E-state index in [1.165, 1.54) is 11.3 Å². The van der Waals surface area contributed by atoms with Gasteiger partial charge in [-0.1, -0.05) is 20.3 Å². The lowest BCUT2D eigenvalue weighted by atomic mass is 10.2. The number of carboxylic acid groups (broad SMARTS) is 1. The van der Waals surface area contributed by atoms with E-state index >= 15 is 0 Å². The molecule has 0 bridgehead atoms. The zero-order valence-corrected chi connectivity index (χ0v) is 12.7. The highest BCUT2D eigenvalue weighted by Crippen LogP contribution is 2.25. The van der Waals surface area contributed by atoms with Crippen LogP contribution in [0.1, 0.15) is 48.7 Å². The van der Waals surface area contributed by atoms with Gasteiger partial charge in [-0.15, -0.1) is 11.3 Å². The number of aromatic nitrogens is 1. The summed E-state index contributed by atoms with van der Waals surface area (Å²) in [5.41, 5.74) is 1.12. The van der Waals surface area contributed by atoms with E-state index in [0.717, 1.165) is 35.0 Å². The predicted octanol–water partition coefficient (Wildman–Crippen LogP) is 3.76. The fourth-order valence-corrected chi connectivity index (χ4v) is 3.72. The van der Waals surface area contributed by atoms with Gasteiger partial charge in [0.15, 0.2) is 0 Å². The van der Waals surface area contributed by atoms with E-state index in [1.54, 1.807) is 11.3 Å². The van der Waals surface area contributed by atoms with Crippen molar-refractivity contribution in [3.8, 4) is 0 Å². The molecule has 0 atom stereocenters. The second-order valence-corrected chi connectivity index (χ2v) is 6.45. The Balaban J connectivity index is 2.63. The molecule has 0 radical (unpaired) electrons. The highest BCUT2D eigenvalue weighted by Gasteiger charge is 2.11. The molecular weight excluding hydrogens is 266 g/mol. The van der Waals surface area contributed by atoms with Gasteiger partial charge in [-0.05, 0) is 25.0 Å². The predicted molar refractivity (Wildman–Crippen MR) is 78.5 cm³/mol. The second kappa shape index (κ2) is 8.53. The van der Waals surface area contributed by atoms with Crippen LogP contribution in [0.3, 0.4) is 0 Å². The van der Waals surface area contributed by atoms with Crippen molar-refractivity contribution in [2.75, 3.05) is 5.75 Å². The Morgan fingerprint density at radius 3 is 2.72 bits per heavy atom. The largest absolute Gasteiger partial charge is 0.481 e. The third-order valence-corrected chi connectivity index (χ3v) is 4.96. The molecule has 0 aliphatic rings. The Bertz CT molecular complexity index is 377. The number of aliphatic carboxylic acids is 1. The molecule has 0 amide bonds. The first-order valence-corrected chi connectivity index (χ1v) is 8.41. The van der Waals surface area contributed by atoms with Gasteiger partial charge in [0.25, 0.3) is 0 Å². The molecule has 1 aromatic rings. The summed E-state index contributed by atoms with van der Waals surface area (Å²) < 4.78 is 0. The molecule has 18 heavy (non-hydrogen) atoms. The van der Waals surface area contributed by atoms with Crippen molar-refractivity contribution in [3.05, 3.63) is 15.6 Å². The molecule has 0 aromatic carbocycles. The molecule has 0 spiro atoms. The highest BCUT2D eigenvalue weighted by atomic mass is 32.2. The summed E-state index contributed by atoms with van der Waals surface area (Å²) in [7, 11) is 0. The van der Waals surface area contributed by atoms with Crippen LogP contribution in [0, 0.1) is 0 Å². The summed E-state index contributed by atoms with van der Waals surface area (Å²) in [6.45, 7) is 4.31. The molecular formula is C13H21NO2S2. The maximum atomic E-state index is 10.6. The minimum atomic E-state index is -0.729. The Morgan fingerprint density at radius 2 is 2.11 bits per heavy atom. The first kappa shape index (κ1) is 15.5. The van der Waals surface area contributed by atoms with E-state index in [4.69, 9.17) is 5.11 Å². The minimum absolute atomic E-state index is 0.209. The first-order chi connectivity index (χ1) is 8.67. The quantitative estimate of drug-likeness (QED) is 0.703. The number of hydrogen-bond acceptors (Lipinski definition) is 4. The van der Waals surface area contributed by atoms with Gasteiger partial charge in [-0.25, -0.2) is 4.98 Å². The standard InChI is InChI=1S/C13H21NO2S2/c1-3-5-10-11(6-7-13(15)16)18-12(14-10)9-17-8-4-2/h3-9H2,1-2H3,(H,15,16). The van der Waals surface area contributed by atoms with Crippen LogP contribution in [0.2, 0.25) is 0 Å². The zero-order chi connectivity index (χ0) is 13.4. The van der Waals surface area contributed by atoms with E-state index in [-0.39, 0.29) is 6.42 Å². The molecule has 0 saturated heterocycles. The SMILES string of the molecule is CCCSCc1nc(CCC)c(CCC(=O)O)s1. The van der Waals surface area contributed by atoms with Gasteiger partial charge in [-0.3, -0.25) is 4.79 Å². The van der Waals surface area contributed by atoms with Gasteiger partial charge < -0.3 is 5.11 Å². The summed E-state index contributed by atoms with van der Waals surface area (Å²) in [6, 6.07) is 0. The van der Waals surface area contributed by atoms with Crippen molar-refractivity contribution < 1.29 is 9.90 Å². The van der Waals surface area contributed by atoms with Crippen LogP contribution < -0.4 is 0 Å². The summed E-state index contributed by atoms with van der Waals surface area (Å²) in [4.78, 5) is 16.5. The number of nitrogens with zero attached hydrogens (tertiary/aromatic N) is 1. The third-order valence-electron chi connectivity index (χ3n) is 2.45. The van der Waals surface area contributed by atoms with Crippen molar-refractivity contribution in [2.45, 2.75) is 51.7 Å². The Labute approximate surface area is 117 Å². The monoisotopic (exact) mass is 287 g/mol. The van der Waals surface area contributed by atoms with E-state index < -0.39 is 5.97 Å². The van der Waals surface area contributed by atoms with E-state index in [1.807, 2.05) is 11.8 Å². The van der Waals surface area contributed by atoms with E-state index in [2.05, 4.69) is 18.8 Å². The number of carbonyl (C=O) groups is 1. The molecule has 1 heterocycles. The molecule has 0 unspecified atom stereocenters. The summed E-state index contributed by atoms with van der Waals surface area (Å²) in [6.07, 6.45) is 4.04. The second-order valence-electron chi connectivity index (χ2n) is 4.17. The average Bonchev–Trinajstić information content (AvgIpc) is 2.70. The number of thioether (sulfide) groups is 1. The fraction of sp³-hybridized carbons (Fsp3) is 0.692. The van der Waals surface area contributed by atoms with Gasteiger partial charge in [0, 0.05) is 10.6 Å². The molecule has 1 rings (SSSR count). The van der Waals surface area contributed by atoms with Crippen LogP contribution in [0.15, 0.2) is 0 Å². The molecule has 1 aromatic heterocycles. The van der Waals surface area contributed by atoms with Gasteiger partial charge >= 0.3 is 5.97 Å². The molecule has 0 aliphatic heterocycles. The number of aryl methyl sites for hydroxylation is 2. The number of rotatable bonds is 9. The van der Waals surface area contributed by atoms with Crippen LogP contribution in [0.4, 0.5) is 0 Å². The smallest absolute Gasteiger partial charge is 0.303 e. The van der Waals surface area contributed by atoms with Crippen molar-refractivity contribution >= 4 is 29.1 Å². The van der Waals surface area contributed by atoms with Crippen LogP contribution in [-0.2, 0) is 23.4 Å². The lowest BCUT2D eigenvalue weighted by Crippen LogP contribution is -1.98. The van der Waals surface area contributed by atoms with E-state index in [0.29, 0.717) is 6.42 Å². The van der Waals surface area contributed by atoms with Crippen molar-refractivity contribution in [3.63, 3.8) is 0 Å². The topological polar surface area (TPSA) is 50.2 Å². The molecule has 5 heteroatoms. The maximum absolute atomic E-state index is 10.6. The van der Waals surface area contributed by atoms with Crippen LogP contribution in [0.5, 0.6) is 0 Å². The first-order valence-electron chi connectivity index (χ1n) is 6.44.